The zero-order valence-electron chi connectivity index (χ0n) is 7.56. The smallest absolute Gasteiger partial charge is 0.339 e. The molecule has 2 N–H and O–H groups in total. The van der Waals surface area contributed by atoms with Crippen LogP contribution in [0.5, 0.6) is 0 Å². The lowest BCUT2D eigenvalue weighted by Gasteiger charge is -2.09. The first-order valence-electron chi connectivity index (χ1n) is 3.92. The van der Waals surface area contributed by atoms with Crippen LogP contribution in [0.4, 0.5) is 5.82 Å². The first-order chi connectivity index (χ1) is 6.65. The topological polar surface area (TPSA) is 75.1 Å². The summed E-state index contributed by atoms with van der Waals surface area (Å²) in [7, 11) is 0. The second-order valence-electron chi connectivity index (χ2n) is 2.63. The quantitative estimate of drug-likeness (QED) is 0.684. The summed E-state index contributed by atoms with van der Waals surface area (Å²) in [6.45, 7) is 1.72. The van der Waals surface area contributed by atoms with Crippen LogP contribution in [0.15, 0.2) is 12.3 Å². The Morgan fingerprint density at radius 3 is 3.07 bits per heavy atom. The minimum absolute atomic E-state index is 0.0575. The second-order valence-corrected chi connectivity index (χ2v) is 2.63. The van der Waals surface area contributed by atoms with Gasteiger partial charge in [-0.3, -0.25) is 0 Å². The first kappa shape index (κ1) is 9.99. The van der Waals surface area contributed by atoms with Crippen LogP contribution in [-0.2, 0) is 0 Å². The Balaban J connectivity index is 2.97. The molecule has 0 aromatic carbocycles. The monoisotopic (exact) mass is 191 g/mol. The summed E-state index contributed by atoms with van der Waals surface area (Å²) in [5, 5.41) is 18.8. The first-order valence-corrected chi connectivity index (χ1v) is 3.92. The van der Waals surface area contributed by atoms with Crippen LogP contribution in [0.25, 0.3) is 0 Å². The maximum absolute atomic E-state index is 10.7. The Morgan fingerprint density at radius 2 is 2.50 bits per heavy atom. The van der Waals surface area contributed by atoms with E-state index in [1.165, 1.54) is 12.3 Å². The second kappa shape index (κ2) is 4.23. The van der Waals surface area contributed by atoms with Gasteiger partial charge in [-0.05, 0) is 13.0 Å². The van der Waals surface area contributed by atoms with Crippen molar-refractivity contribution >= 4 is 11.8 Å². The molecule has 72 valence electrons. The molecule has 0 saturated carbocycles. The molecule has 5 nitrogen and oxygen atoms in total. The van der Waals surface area contributed by atoms with E-state index in [0.717, 1.165) is 0 Å². The van der Waals surface area contributed by atoms with Crippen LogP contribution in [-0.4, -0.2) is 27.3 Å². The van der Waals surface area contributed by atoms with Crippen molar-refractivity contribution in [1.29, 1.82) is 0 Å². The van der Waals surface area contributed by atoms with Gasteiger partial charge in [0.2, 0.25) is 0 Å². The van der Waals surface area contributed by atoms with Crippen molar-refractivity contribution in [2.45, 2.75) is 13.0 Å². The number of hydrogen-bond acceptors (Lipinski definition) is 4. The highest BCUT2D eigenvalue weighted by Crippen LogP contribution is 2.10. The number of carbonyl (C=O) groups is 1. The van der Waals surface area contributed by atoms with E-state index in [-0.39, 0.29) is 17.4 Å². The zero-order valence-corrected chi connectivity index (χ0v) is 7.56. The molecule has 1 aromatic rings. The van der Waals surface area contributed by atoms with Crippen LogP contribution in [0.2, 0.25) is 0 Å². The summed E-state index contributed by atoms with van der Waals surface area (Å²) in [6.07, 6.45) is 6.45. The number of carboxylic acids is 1. The summed E-state index contributed by atoms with van der Waals surface area (Å²) in [4.78, 5) is 10.7. The molecule has 5 heteroatoms. The van der Waals surface area contributed by atoms with Crippen molar-refractivity contribution in [2.24, 2.45) is 0 Å². The van der Waals surface area contributed by atoms with Gasteiger partial charge in [0, 0.05) is 0 Å². The van der Waals surface area contributed by atoms with Crippen LogP contribution >= 0.6 is 0 Å². The Bertz CT molecular complexity index is 384. The van der Waals surface area contributed by atoms with E-state index >= 15 is 0 Å². The fourth-order valence-corrected chi connectivity index (χ4v) is 0.858. The third-order valence-corrected chi connectivity index (χ3v) is 1.55. The predicted molar refractivity (Wildman–Crippen MR) is 50.9 cm³/mol. The van der Waals surface area contributed by atoms with Gasteiger partial charge >= 0.3 is 5.97 Å². The summed E-state index contributed by atoms with van der Waals surface area (Å²) < 4.78 is 0. The Kier molecular flexibility index (Phi) is 3.02. The lowest BCUT2D eigenvalue weighted by molar-refractivity contribution is 0.0697. The standard InChI is InChI=1S/C9H9N3O2/c1-3-6(2)11-8-7(9(13)14)4-5-10-12-8/h1,4-6H,2H3,(H,11,12)(H,13,14). The van der Waals surface area contributed by atoms with E-state index in [1.807, 2.05) is 0 Å². The van der Waals surface area contributed by atoms with Gasteiger partial charge in [-0.25, -0.2) is 4.79 Å². The maximum Gasteiger partial charge on any atom is 0.339 e. The van der Waals surface area contributed by atoms with Gasteiger partial charge < -0.3 is 10.4 Å². The van der Waals surface area contributed by atoms with Gasteiger partial charge in [0.1, 0.15) is 5.56 Å². The number of nitrogens with zero attached hydrogens (tertiary/aromatic N) is 2. The van der Waals surface area contributed by atoms with E-state index < -0.39 is 5.97 Å². The average molecular weight is 191 g/mol. The van der Waals surface area contributed by atoms with Gasteiger partial charge in [0.25, 0.3) is 0 Å². The van der Waals surface area contributed by atoms with Crippen molar-refractivity contribution in [1.82, 2.24) is 10.2 Å². The fraction of sp³-hybridized carbons (Fsp3) is 0.222. The van der Waals surface area contributed by atoms with Gasteiger partial charge in [-0.1, -0.05) is 5.92 Å². The van der Waals surface area contributed by atoms with Crippen molar-refractivity contribution in [3.8, 4) is 12.3 Å². The number of nitrogens with one attached hydrogen (secondary N) is 1. The highest BCUT2D eigenvalue weighted by Gasteiger charge is 2.11. The van der Waals surface area contributed by atoms with E-state index in [9.17, 15) is 4.79 Å². The van der Waals surface area contributed by atoms with Crippen LogP contribution < -0.4 is 5.32 Å². The predicted octanol–water partition coefficient (Wildman–Crippen LogP) is 0.608. The fourth-order valence-electron chi connectivity index (χ4n) is 0.858. The van der Waals surface area contributed by atoms with Gasteiger partial charge in [-0.2, -0.15) is 5.10 Å². The number of hydrogen-bond donors (Lipinski definition) is 2. The number of rotatable bonds is 3. The molecule has 0 aliphatic carbocycles. The number of carboxylic acid groups (broad SMARTS) is 1. The molecule has 0 aliphatic rings. The number of aromatic nitrogens is 2. The van der Waals surface area contributed by atoms with Crippen LogP contribution in [0.3, 0.4) is 0 Å². The maximum atomic E-state index is 10.7. The van der Waals surface area contributed by atoms with Gasteiger partial charge in [0.15, 0.2) is 5.82 Å². The summed E-state index contributed by atoms with van der Waals surface area (Å²) in [5.74, 6) is 1.53. The minimum Gasteiger partial charge on any atom is -0.478 e. The van der Waals surface area contributed by atoms with Gasteiger partial charge in [0.05, 0.1) is 12.2 Å². The zero-order chi connectivity index (χ0) is 10.6. The number of aromatic carboxylic acids is 1. The van der Waals surface area contributed by atoms with Crippen molar-refractivity contribution in [3.05, 3.63) is 17.8 Å². The average Bonchev–Trinajstić information content (AvgIpc) is 2.18. The minimum atomic E-state index is -1.06. The van der Waals surface area contributed by atoms with E-state index in [1.54, 1.807) is 6.92 Å². The third kappa shape index (κ3) is 2.20. The molecule has 1 unspecified atom stereocenters. The number of anilines is 1. The molecule has 1 atom stereocenters. The van der Waals surface area contributed by atoms with E-state index in [4.69, 9.17) is 11.5 Å². The van der Waals surface area contributed by atoms with Crippen molar-refractivity contribution in [2.75, 3.05) is 5.32 Å². The lowest BCUT2D eigenvalue weighted by Crippen LogP contribution is -2.16. The van der Waals surface area contributed by atoms with E-state index in [2.05, 4.69) is 21.4 Å². The number of terminal acetylenes is 1. The molecule has 0 fully saturated rings. The summed E-state index contributed by atoms with van der Waals surface area (Å²) in [5.41, 5.74) is 0.0575. The highest BCUT2D eigenvalue weighted by molar-refractivity contribution is 5.92. The summed E-state index contributed by atoms with van der Waals surface area (Å²) >= 11 is 0. The molecular formula is C9H9N3O2. The molecule has 1 aromatic heterocycles. The molecule has 0 saturated heterocycles. The van der Waals surface area contributed by atoms with Gasteiger partial charge in [-0.15, -0.1) is 11.5 Å². The molecule has 14 heavy (non-hydrogen) atoms. The van der Waals surface area contributed by atoms with Crippen molar-refractivity contribution in [3.63, 3.8) is 0 Å². The Morgan fingerprint density at radius 1 is 1.79 bits per heavy atom. The molecule has 1 rings (SSSR count). The highest BCUT2D eigenvalue weighted by atomic mass is 16.4. The Hall–Kier alpha value is -2.09. The third-order valence-electron chi connectivity index (χ3n) is 1.55. The molecule has 0 spiro atoms. The molecular weight excluding hydrogens is 182 g/mol. The van der Waals surface area contributed by atoms with Crippen LogP contribution in [0.1, 0.15) is 17.3 Å². The van der Waals surface area contributed by atoms with E-state index in [0.29, 0.717) is 0 Å². The molecule has 0 amide bonds. The molecule has 1 heterocycles. The molecule has 0 radical (unpaired) electrons. The lowest BCUT2D eigenvalue weighted by atomic mass is 10.2. The molecule has 0 bridgehead atoms. The SMILES string of the molecule is C#CC(C)Nc1nnccc1C(=O)O. The molecule has 0 aliphatic heterocycles. The largest absolute Gasteiger partial charge is 0.478 e. The summed E-state index contributed by atoms with van der Waals surface area (Å²) in [6, 6.07) is 1.07. The Labute approximate surface area is 81.2 Å². The van der Waals surface area contributed by atoms with Crippen LogP contribution in [0, 0.1) is 12.3 Å². The van der Waals surface area contributed by atoms with Crippen molar-refractivity contribution < 1.29 is 9.90 Å². The normalized spacial score (nSPS) is 11.4.